The first-order valence-electron chi connectivity index (χ1n) is 26.2. The molecule has 23 heteroatoms. The lowest BCUT2D eigenvalue weighted by atomic mass is 10.00. The Morgan fingerprint density at radius 2 is 0.840 bits per heavy atom. The Kier molecular flexibility index (Phi) is 25.1. The van der Waals surface area contributed by atoms with Crippen molar-refractivity contribution in [1.82, 2.24) is 9.80 Å². The number of carbonyl (C=O) groups excluding carboxylic acids is 5. The summed E-state index contributed by atoms with van der Waals surface area (Å²) in [6, 6.07) is 23.2. The molecule has 450 valence electrons. The predicted octanol–water partition coefficient (Wildman–Crippen LogP) is 12.3. The van der Waals surface area contributed by atoms with Crippen molar-refractivity contribution in [3.05, 3.63) is 143 Å². The van der Waals surface area contributed by atoms with Gasteiger partial charge in [-0.3, -0.25) is 9.80 Å². The van der Waals surface area contributed by atoms with Crippen molar-refractivity contribution in [3.63, 3.8) is 0 Å². The zero-order chi connectivity index (χ0) is 63.9. The fourth-order valence-corrected chi connectivity index (χ4v) is 6.83. The minimum atomic E-state index is -4.56. The van der Waals surface area contributed by atoms with Crippen molar-refractivity contribution >= 4 is 36.1 Å². The molecule has 0 aromatic heterocycles. The zero-order valence-corrected chi connectivity index (χ0v) is 47.2. The lowest BCUT2D eigenvalue weighted by Gasteiger charge is -2.32. The van der Waals surface area contributed by atoms with Crippen LogP contribution in [0, 0.1) is 0 Å². The van der Waals surface area contributed by atoms with Gasteiger partial charge in [0.15, 0.2) is 6.10 Å². The Bertz CT molecular complexity index is 2640. The van der Waals surface area contributed by atoms with Crippen molar-refractivity contribution in [3.8, 4) is 0 Å². The maximum atomic E-state index is 14.7. The number of hydrogen-bond acceptors (Lipinski definition) is 12. The summed E-state index contributed by atoms with van der Waals surface area (Å²) in [5.74, 6) is -4.13. The van der Waals surface area contributed by atoms with Crippen molar-refractivity contribution < 1.29 is 101 Å². The summed E-state index contributed by atoms with van der Waals surface area (Å²) in [5.41, 5.74) is -4.79. The number of benzene rings is 4. The van der Waals surface area contributed by atoms with Crippen molar-refractivity contribution in [2.24, 2.45) is 0 Å². The highest BCUT2D eigenvalue weighted by Gasteiger charge is 2.40. The topological polar surface area (TPSA) is 196 Å². The summed E-state index contributed by atoms with van der Waals surface area (Å²) in [4.78, 5) is 75.3. The lowest BCUT2D eigenvalue weighted by molar-refractivity contribution is -0.172. The van der Waals surface area contributed by atoms with Gasteiger partial charge in [0.05, 0.1) is 11.1 Å². The van der Waals surface area contributed by atoms with Crippen LogP contribution in [0.4, 0.5) is 44.7 Å². The lowest BCUT2D eigenvalue weighted by Crippen LogP contribution is -2.49. The fourth-order valence-electron chi connectivity index (χ4n) is 6.83. The van der Waals surface area contributed by atoms with E-state index in [4.69, 9.17) is 31.8 Å². The van der Waals surface area contributed by atoms with Gasteiger partial charge in [-0.15, -0.1) is 0 Å². The number of ether oxygens (including phenoxy) is 5. The van der Waals surface area contributed by atoms with Crippen LogP contribution in [0.1, 0.15) is 118 Å². The summed E-state index contributed by atoms with van der Waals surface area (Å²) in [6.07, 6.45) is -14.9. The number of aliphatic hydroxyl groups is 1. The van der Waals surface area contributed by atoms with Crippen LogP contribution in [0.2, 0.25) is 0 Å². The zero-order valence-electron chi connectivity index (χ0n) is 49.2. The van der Waals surface area contributed by atoms with Gasteiger partial charge >= 0.3 is 48.4 Å². The van der Waals surface area contributed by atoms with Gasteiger partial charge in [-0.1, -0.05) is 84.9 Å². The Morgan fingerprint density at radius 3 is 1.19 bits per heavy atom. The van der Waals surface area contributed by atoms with Crippen LogP contribution in [0.25, 0.3) is 0 Å². The summed E-state index contributed by atoms with van der Waals surface area (Å²) >= 11 is 0. The van der Waals surface area contributed by atoms with E-state index < -0.39 is 113 Å². The number of halogens is 8. The third kappa shape index (κ3) is 27.6. The molecule has 0 saturated heterocycles. The monoisotopic (exact) mass is 1160 g/mol. The van der Waals surface area contributed by atoms with E-state index in [0.717, 1.165) is 51.8 Å². The van der Waals surface area contributed by atoms with Crippen molar-refractivity contribution in [2.75, 3.05) is 14.1 Å². The molecular formula is C58H74F8N2O13. The second-order valence-electron chi connectivity index (χ2n) is 21.8. The van der Waals surface area contributed by atoms with Gasteiger partial charge in [0.2, 0.25) is 6.10 Å². The van der Waals surface area contributed by atoms with E-state index in [1.54, 1.807) is 96.1 Å². The molecule has 0 unspecified atom stereocenters. The smallest absolute Gasteiger partial charge is 0.416 e. The number of carboxylic acids is 1. The third-order valence-corrected chi connectivity index (χ3v) is 10.9. The minimum absolute atomic E-state index is 0.0315. The number of rotatable bonds is 19. The van der Waals surface area contributed by atoms with Gasteiger partial charge in [-0.25, -0.2) is 37.5 Å². The molecule has 0 spiro atoms. The van der Waals surface area contributed by atoms with E-state index >= 15 is 0 Å². The van der Waals surface area contributed by atoms with E-state index in [1.165, 1.54) is 53.9 Å². The van der Waals surface area contributed by atoms with Crippen molar-refractivity contribution in [1.29, 1.82) is 0 Å². The molecule has 2 amide bonds. The first-order valence-corrected chi connectivity index (χ1v) is 25.2. The largest absolute Gasteiger partial charge is 0.480 e. The molecule has 0 aliphatic carbocycles. The molecule has 4 aromatic carbocycles. The van der Waals surface area contributed by atoms with E-state index in [-0.39, 0.29) is 38.0 Å². The highest BCUT2D eigenvalue weighted by atomic mass is 19.4. The number of likely N-dealkylation sites (N-methyl/N-ethyl adjacent to an activating group) is 2. The van der Waals surface area contributed by atoms with Crippen LogP contribution in [-0.2, 0) is 81.3 Å². The number of nitrogens with zero attached hydrogens (tertiary/aromatic N) is 2. The van der Waals surface area contributed by atoms with Crippen LogP contribution >= 0.6 is 0 Å². The average molecular weight is 1160 g/mol. The number of esters is 3. The van der Waals surface area contributed by atoms with Gasteiger partial charge in [-0.05, 0) is 116 Å². The molecule has 0 heterocycles. The van der Waals surface area contributed by atoms with Gasteiger partial charge in [0.25, 0.3) is 0 Å². The quantitative estimate of drug-likeness (QED) is 0.0512. The normalized spacial score (nSPS) is 13.5. The number of carboxylic acid groups (broad SMARTS) is 1. The predicted molar refractivity (Wildman–Crippen MR) is 284 cm³/mol. The molecule has 0 fully saturated rings. The van der Waals surface area contributed by atoms with Gasteiger partial charge < -0.3 is 33.9 Å². The molecule has 4 atom stereocenters. The number of hydrogen-bond donors (Lipinski definition) is 2. The molecule has 81 heavy (non-hydrogen) atoms. The van der Waals surface area contributed by atoms with Crippen LogP contribution < -0.4 is 0 Å². The summed E-state index contributed by atoms with van der Waals surface area (Å²) in [6.45, 7) is 14.7. The Morgan fingerprint density at radius 1 is 0.494 bits per heavy atom. The minimum Gasteiger partial charge on any atom is -0.480 e. The van der Waals surface area contributed by atoms with Gasteiger partial charge in [0.1, 0.15) is 47.8 Å². The van der Waals surface area contributed by atoms with E-state index in [9.17, 15) is 69.0 Å². The number of aliphatic carboxylic acids is 1. The van der Waals surface area contributed by atoms with Crippen LogP contribution in [0.15, 0.2) is 109 Å². The molecule has 15 nitrogen and oxygen atoms in total. The standard InChI is InChI=1S/C29H35F4NO6.C17H15F3O3.C12H22FNO4.H2/c1-27(2,3)40-26(37)34(6)22(17-28(4,5)30)24(35)39-23(25(36)38-18-20-10-8-7-9-11-20)16-19-12-14-21(15-13-19)29(31,32)33;18-17(19,20)14-8-6-12(7-9-14)10-15(21)16(22)23-11-13-4-2-1-3-5-13;1-11(2,3)18-10(17)14(6)8(9(15)16)7-12(4,5)13;/h7-15,22-23H,16-18H2,1-6H3;1-9,15,21H,10-11H2;8H,7H2,1-6H3,(H,15,16);1H/t22-,23+;15-;8-;/m010./s1/i;;;1+1D. The average Bonchev–Trinajstić information content (AvgIpc) is 3.45. The summed E-state index contributed by atoms with van der Waals surface area (Å²) < 4.78 is 141. The van der Waals surface area contributed by atoms with Crippen LogP contribution in [0.3, 0.4) is 0 Å². The van der Waals surface area contributed by atoms with E-state index in [1.807, 2.05) is 6.07 Å². The van der Waals surface area contributed by atoms with Gasteiger partial charge in [-0.2, -0.15) is 26.3 Å². The third-order valence-electron chi connectivity index (χ3n) is 10.9. The number of carbonyl (C=O) groups is 6. The fraction of sp³-hybridized carbons (Fsp3) is 0.483. The number of amides is 2. The number of aliphatic hydroxyl groups excluding tert-OH is 1. The molecule has 4 aromatic rings. The molecule has 0 radical (unpaired) electrons. The molecule has 0 aliphatic rings. The summed E-state index contributed by atoms with van der Waals surface area (Å²) in [5, 5.41) is 18.8. The van der Waals surface area contributed by atoms with Gasteiger partial charge in [0, 0.05) is 42.7 Å². The van der Waals surface area contributed by atoms with Crippen molar-refractivity contribution in [2.45, 2.75) is 167 Å². The molecule has 4 rings (SSSR count). The Hall–Kier alpha value is -7.30. The molecule has 0 aliphatic heterocycles. The van der Waals surface area contributed by atoms with E-state index in [2.05, 4.69) is 0 Å². The molecule has 0 saturated carbocycles. The highest BCUT2D eigenvalue weighted by Crippen LogP contribution is 2.31. The highest BCUT2D eigenvalue weighted by molar-refractivity contribution is 5.85. The molecule has 0 bridgehead atoms. The first kappa shape index (κ1) is 68.0. The number of alkyl halides is 8. The molecular weight excluding hydrogens is 1080 g/mol. The molecule has 2 N–H and O–H groups in total. The first-order chi connectivity index (χ1) is 38.0. The van der Waals surface area contributed by atoms with Crippen LogP contribution in [0.5, 0.6) is 0 Å². The van der Waals surface area contributed by atoms with Crippen LogP contribution in [-0.4, -0.2) is 117 Å². The second-order valence-corrected chi connectivity index (χ2v) is 21.8. The Balaban J connectivity index is 0.000000675. The van der Waals surface area contributed by atoms with E-state index in [0.29, 0.717) is 11.1 Å². The Labute approximate surface area is 469 Å². The maximum absolute atomic E-state index is 14.7. The summed E-state index contributed by atoms with van der Waals surface area (Å²) in [7, 11) is 2.53. The maximum Gasteiger partial charge on any atom is 0.416 e. The SMILES string of the molecule is CN(C(=O)OC(C)(C)C)[C@@H](CC(C)(C)F)C(=O)O.CN(C(=O)OC(C)(C)C)[C@@H](CC(C)(C)F)C(=O)O[C@H](Cc1ccc(C(F)(F)F)cc1)C(=O)OCc1ccccc1.O=C(OCc1ccccc1)[C@H](O)Cc1ccc(C(F)(F)F)cc1.[2H][2H]. The second kappa shape index (κ2) is 30.0.